The number of aromatic nitrogens is 2. The maximum atomic E-state index is 13.4. The minimum Gasteiger partial charge on any atom is -0.384 e. The number of nitrogens with two attached hydrogens (primary N) is 1. The standard InChI is InChI=1S/C29H30N6O2/c30-27(31)24-13-11-23(12-14-24)18-33-26(36)20-35-25(17-22-9-5-2-6-10-22)19-34-28(29(35)37)32-16-15-21-7-3-1-4-8-21/h1-14,19H,15-18,20H2,(H3,30,31)(H,32,34)(H,33,36). The number of amides is 1. The third-order valence-electron chi connectivity index (χ3n) is 5.97. The minimum atomic E-state index is -0.331. The Bertz CT molecular complexity index is 1400. The molecule has 0 aliphatic carbocycles. The lowest BCUT2D eigenvalue weighted by Crippen LogP contribution is -2.35. The number of carbonyl (C=O) groups excluding carboxylic acids is 1. The minimum absolute atomic E-state index is 0.00762. The molecule has 1 heterocycles. The number of rotatable bonds is 11. The molecule has 37 heavy (non-hydrogen) atoms. The molecule has 188 valence electrons. The lowest BCUT2D eigenvalue weighted by Gasteiger charge is -2.15. The number of hydrogen-bond donors (Lipinski definition) is 4. The van der Waals surface area contributed by atoms with Gasteiger partial charge in [-0.15, -0.1) is 0 Å². The fourth-order valence-electron chi connectivity index (χ4n) is 3.94. The van der Waals surface area contributed by atoms with Gasteiger partial charge in [0, 0.05) is 37.0 Å². The normalized spacial score (nSPS) is 10.6. The Balaban J connectivity index is 1.48. The first-order valence-corrected chi connectivity index (χ1v) is 12.1. The summed E-state index contributed by atoms with van der Waals surface area (Å²) in [7, 11) is 0. The van der Waals surface area contributed by atoms with E-state index in [9.17, 15) is 9.59 Å². The second-order valence-corrected chi connectivity index (χ2v) is 8.70. The van der Waals surface area contributed by atoms with E-state index in [4.69, 9.17) is 11.1 Å². The fraction of sp³-hybridized carbons (Fsp3) is 0.172. The molecular formula is C29H30N6O2. The first-order chi connectivity index (χ1) is 18.0. The van der Waals surface area contributed by atoms with Gasteiger partial charge in [0.2, 0.25) is 5.91 Å². The van der Waals surface area contributed by atoms with Gasteiger partial charge in [-0.25, -0.2) is 4.98 Å². The van der Waals surface area contributed by atoms with Crippen LogP contribution in [0.1, 0.15) is 27.9 Å². The van der Waals surface area contributed by atoms with Gasteiger partial charge in [-0.1, -0.05) is 84.9 Å². The van der Waals surface area contributed by atoms with Crippen molar-refractivity contribution >= 4 is 17.6 Å². The maximum Gasteiger partial charge on any atom is 0.293 e. The molecule has 8 heteroatoms. The molecule has 0 saturated carbocycles. The molecule has 0 radical (unpaired) electrons. The Kier molecular flexibility index (Phi) is 8.44. The van der Waals surface area contributed by atoms with E-state index in [1.165, 1.54) is 4.57 Å². The van der Waals surface area contributed by atoms with Crippen molar-refractivity contribution in [1.82, 2.24) is 14.9 Å². The first kappa shape index (κ1) is 25.4. The largest absolute Gasteiger partial charge is 0.384 e. The summed E-state index contributed by atoms with van der Waals surface area (Å²) in [4.78, 5) is 30.6. The van der Waals surface area contributed by atoms with E-state index < -0.39 is 0 Å². The molecule has 1 aromatic heterocycles. The predicted molar refractivity (Wildman–Crippen MR) is 146 cm³/mol. The molecule has 4 rings (SSSR count). The molecule has 0 saturated heterocycles. The van der Waals surface area contributed by atoms with Crippen molar-refractivity contribution in [3.63, 3.8) is 0 Å². The highest BCUT2D eigenvalue weighted by Gasteiger charge is 2.14. The molecule has 1 amide bonds. The zero-order valence-electron chi connectivity index (χ0n) is 20.5. The number of benzene rings is 3. The van der Waals surface area contributed by atoms with Crippen molar-refractivity contribution in [2.24, 2.45) is 5.73 Å². The molecule has 0 aliphatic rings. The van der Waals surface area contributed by atoms with Crippen molar-refractivity contribution in [2.45, 2.75) is 25.9 Å². The van der Waals surface area contributed by atoms with Crippen molar-refractivity contribution < 1.29 is 4.79 Å². The molecular weight excluding hydrogens is 464 g/mol. The van der Waals surface area contributed by atoms with Crippen LogP contribution in [0.2, 0.25) is 0 Å². The third-order valence-corrected chi connectivity index (χ3v) is 5.97. The van der Waals surface area contributed by atoms with Gasteiger partial charge in [0.05, 0.1) is 0 Å². The van der Waals surface area contributed by atoms with Gasteiger partial charge in [-0.2, -0.15) is 0 Å². The Morgan fingerprint density at radius 1 is 0.892 bits per heavy atom. The maximum absolute atomic E-state index is 13.4. The van der Waals surface area contributed by atoms with E-state index in [1.54, 1.807) is 18.3 Å². The summed E-state index contributed by atoms with van der Waals surface area (Å²) in [6.45, 7) is 0.724. The van der Waals surface area contributed by atoms with Gasteiger partial charge >= 0.3 is 0 Å². The Morgan fingerprint density at radius 3 is 2.19 bits per heavy atom. The SMILES string of the molecule is N=C(N)c1ccc(CNC(=O)Cn2c(Cc3ccccc3)cnc(NCCc3ccccc3)c2=O)cc1. The molecule has 5 N–H and O–H groups in total. The molecule has 0 fully saturated rings. The predicted octanol–water partition coefficient (Wildman–Crippen LogP) is 3.09. The molecule has 4 aromatic rings. The highest BCUT2D eigenvalue weighted by molar-refractivity contribution is 5.94. The summed E-state index contributed by atoms with van der Waals surface area (Å²) < 4.78 is 1.49. The van der Waals surface area contributed by atoms with Gasteiger partial charge in [0.1, 0.15) is 12.4 Å². The number of carbonyl (C=O) groups is 1. The Morgan fingerprint density at radius 2 is 1.54 bits per heavy atom. The zero-order chi connectivity index (χ0) is 26.0. The first-order valence-electron chi connectivity index (χ1n) is 12.1. The molecule has 0 atom stereocenters. The second-order valence-electron chi connectivity index (χ2n) is 8.70. The molecule has 0 aliphatic heterocycles. The lowest BCUT2D eigenvalue weighted by molar-refractivity contribution is -0.121. The summed E-state index contributed by atoms with van der Waals surface area (Å²) in [5.74, 6) is -0.0689. The van der Waals surface area contributed by atoms with Crippen LogP contribution in [0.25, 0.3) is 0 Å². The number of nitrogen functional groups attached to an aromatic ring is 1. The van der Waals surface area contributed by atoms with E-state index in [1.807, 2.05) is 72.8 Å². The van der Waals surface area contributed by atoms with Crippen LogP contribution < -0.4 is 21.9 Å². The third kappa shape index (κ3) is 7.14. The summed E-state index contributed by atoms with van der Waals surface area (Å²) in [6, 6.07) is 26.9. The second kappa shape index (κ2) is 12.3. The summed E-state index contributed by atoms with van der Waals surface area (Å²) in [5.41, 5.74) is 9.50. The molecule has 3 aromatic carbocycles. The van der Waals surface area contributed by atoms with Gasteiger partial charge in [0.25, 0.3) is 5.56 Å². The van der Waals surface area contributed by atoms with Gasteiger partial charge < -0.3 is 16.4 Å². The number of nitrogens with one attached hydrogen (secondary N) is 3. The monoisotopic (exact) mass is 494 g/mol. The lowest BCUT2D eigenvalue weighted by atomic mass is 10.1. The summed E-state index contributed by atoms with van der Waals surface area (Å²) in [5, 5.41) is 13.5. The molecule has 0 unspecified atom stereocenters. The molecule has 0 bridgehead atoms. The van der Waals surface area contributed by atoms with Crippen LogP contribution in [0, 0.1) is 5.41 Å². The van der Waals surface area contributed by atoms with Crippen LogP contribution in [0.15, 0.2) is 95.9 Å². The van der Waals surface area contributed by atoms with E-state index in [0.717, 1.165) is 23.1 Å². The summed E-state index contributed by atoms with van der Waals surface area (Å²) >= 11 is 0. The van der Waals surface area contributed by atoms with Crippen molar-refractivity contribution in [1.29, 1.82) is 5.41 Å². The van der Waals surface area contributed by atoms with Crippen LogP contribution >= 0.6 is 0 Å². The number of hydrogen-bond acceptors (Lipinski definition) is 5. The quantitative estimate of drug-likeness (QED) is 0.188. The topological polar surface area (TPSA) is 126 Å². The van der Waals surface area contributed by atoms with Gasteiger partial charge in [0.15, 0.2) is 5.82 Å². The van der Waals surface area contributed by atoms with Crippen LogP contribution in [0.4, 0.5) is 5.82 Å². The van der Waals surface area contributed by atoms with Crippen LogP contribution in [0.3, 0.4) is 0 Å². The van der Waals surface area contributed by atoms with Crippen molar-refractivity contribution in [3.05, 3.63) is 129 Å². The van der Waals surface area contributed by atoms with Crippen LogP contribution in [-0.2, 0) is 30.7 Å². The van der Waals surface area contributed by atoms with E-state index in [2.05, 4.69) is 15.6 Å². The smallest absolute Gasteiger partial charge is 0.293 e. The number of amidine groups is 1. The molecule has 8 nitrogen and oxygen atoms in total. The Labute approximate surface area is 215 Å². The van der Waals surface area contributed by atoms with Gasteiger partial charge in [-0.3, -0.25) is 19.6 Å². The van der Waals surface area contributed by atoms with E-state index >= 15 is 0 Å². The van der Waals surface area contributed by atoms with Crippen LogP contribution in [-0.4, -0.2) is 27.8 Å². The highest BCUT2D eigenvalue weighted by atomic mass is 16.2. The van der Waals surface area contributed by atoms with Crippen LogP contribution in [0.5, 0.6) is 0 Å². The van der Waals surface area contributed by atoms with E-state index in [0.29, 0.717) is 30.8 Å². The average Bonchev–Trinajstić information content (AvgIpc) is 2.92. The molecule has 0 spiro atoms. The summed E-state index contributed by atoms with van der Waals surface area (Å²) in [6.07, 6.45) is 2.89. The van der Waals surface area contributed by atoms with Gasteiger partial charge in [-0.05, 0) is 23.1 Å². The van der Waals surface area contributed by atoms with Crippen molar-refractivity contribution in [2.75, 3.05) is 11.9 Å². The Hall–Kier alpha value is -4.72. The number of nitrogens with zero attached hydrogens (tertiary/aromatic N) is 2. The highest BCUT2D eigenvalue weighted by Crippen LogP contribution is 2.10. The zero-order valence-corrected chi connectivity index (χ0v) is 20.5. The van der Waals surface area contributed by atoms with E-state index in [-0.39, 0.29) is 29.7 Å². The number of anilines is 1. The van der Waals surface area contributed by atoms with Crippen molar-refractivity contribution in [3.8, 4) is 0 Å². The fourth-order valence-corrected chi connectivity index (χ4v) is 3.94. The average molecular weight is 495 g/mol.